The summed E-state index contributed by atoms with van der Waals surface area (Å²) in [5, 5.41) is 2.86. The molecular formula is C28H38N7O4P. The maximum absolute atomic E-state index is 12.8. The van der Waals surface area contributed by atoms with Gasteiger partial charge in [-0.15, -0.1) is 0 Å². The van der Waals surface area contributed by atoms with Gasteiger partial charge in [0, 0.05) is 23.6 Å². The van der Waals surface area contributed by atoms with E-state index in [1.165, 1.54) is 6.33 Å². The lowest BCUT2D eigenvalue weighted by Crippen LogP contribution is -2.36. The molecule has 5 atom stereocenters. The largest absolute Gasteiger partial charge is 0.352 e. The van der Waals surface area contributed by atoms with E-state index in [1.807, 2.05) is 22.8 Å². The number of amides is 1. The van der Waals surface area contributed by atoms with E-state index in [1.54, 1.807) is 18.5 Å². The molecule has 1 aliphatic heterocycles. The second-order valence-corrected chi connectivity index (χ2v) is 11.7. The number of rotatable bonds is 12. The van der Waals surface area contributed by atoms with Crippen LogP contribution >= 0.6 is 8.53 Å². The number of imidazole rings is 1. The van der Waals surface area contributed by atoms with Crippen molar-refractivity contribution in [3.05, 3.63) is 60.0 Å². The fourth-order valence-corrected chi connectivity index (χ4v) is 6.78. The van der Waals surface area contributed by atoms with Gasteiger partial charge in [-0.25, -0.2) is 26.2 Å². The van der Waals surface area contributed by atoms with Gasteiger partial charge >= 0.3 is 0 Å². The zero-order chi connectivity index (χ0) is 28.8. The van der Waals surface area contributed by atoms with Crippen LogP contribution in [0, 0.1) is 12.5 Å². The van der Waals surface area contributed by atoms with Gasteiger partial charge in [0.2, 0.25) is 6.54 Å². The van der Waals surface area contributed by atoms with Gasteiger partial charge in [-0.1, -0.05) is 32.0 Å². The second-order valence-electron chi connectivity index (χ2n) is 10.3. The fraction of sp³-hybridized carbons (Fsp3) is 0.536. The predicted molar refractivity (Wildman–Crippen MR) is 154 cm³/mol. The van der Waals surface area contributed by atoms with Crippen LogP contribution in [0.15, 0.2) is 43.0 Å². The van der Waals surface area contributed by atoms with Crippen LogP contribution in [0.25, 0.3) is 16.0 Å². The summed E-state index contributed by atoms with van der Waals surface area (Å²) in [6.45, 7) is 20.4. The standard InChI is InChI=1S/C28H38N7O4P/c1-8-22-20(6)24(39-40(37-15-14-29-7)35(18(2)3)19(4)5)28(38-22)34-17-32-23-25(30-16-31-26(23)34)33-27(36)21-12-10-9-11-13-21/h9-13,16-20,22,24,28H,8,14-15H2,1-6H3,(H,30,31,33,36)/t20-,22-,24-,28-,40?/m1/s1. The molecule has 3 heterocycles. The van der Waals surface area contributed by atoms with E-state index in [-0.39, 0.29) is 42.7 Å². The van der Waals surface area contributed by atoms with Crippen molar-refractivity contribution >= 4 is 31.4 Å². The normalized spacial score (nSPS) is 21.8. The number of nitrogens with one attached hydrogen (secondary N) is 1. The Morgan fingerprint density at radius 1 is 1.20 bits per heavy atom. The Hall–Kier alpha value is -3.00. The van der Waals surface area contributed by atoms with E-state index < -0.39 is 14.8 Å². The third kappa shape index (κ3) is 6.48. The quantitative estimate of drug-likeness (QED) is 0.169. The number of hydrogen-bond donors (Lipinski definition) is 1. The van der Waals surface area contributed by atoms with Crippen molar-refractivity contribution in [2.45, 2.75) is 78.5 Å². The first kappa shape index (κ1) is 30.0. The van der Waals surface area contributed by atoms with Crippen LogP contribution in [0.4, 0.5) is 5.82 Å². The molecule has 1 amide bonds. The number of carbonyl (C=O) groups excluding carboxylic acids is 1. The van der Waals surface area contributed by atoms with Gasteiger partial charge < -0.3 is 23.9 Å². The first-order valence-electron chi connectivity index (χ1n) is 13.7. The van der Waals surface area contributed by atoms with Gasteiger partial charge in [0.05, 0.1) is 12.4 Å². The first-order chi connectivity index (χ1) is 19.3. The molecule has 11 nitrogen and oxygen atoms in total. The van der Waals surface area contributed by atoms with Crippen LogP contribution in [0.3, 0.4) is 0 Å². The number of aromatic nitrogens is 4. The summed E-state index contributed by atoms with van der Waals surface area (Å²) in [6.07, 6.45) is 2.96. The van der Waals surface area contributed by atoms with Crippen molar-refractivity contribution in [3.63, 3.8) is 0 Å². The Bertz CT molecular complexity index is 1300. The van der Waals surface area contributed by atoms with Crippen LogP contribution in [0.2, 0.25) is 0 Å². The van der Waals surface area contributed by atoms with Crippen molar-refractivity contribution in [1.82, 2.24) is 24.2 Å². The Balaban J connectivity index is 1.66. The molecule has 0 bridgehead atoms. The molecule has 2 aromatic heterocycles. The lowest BCUT2D eigenvalue weighted by molar-refractivity contribution is -0.0324. The molecule has 1 aliphatic rings. The van der Waals surface area contributed by atoms with Crippen LogP contribution < -0.4 is 5.32 Å². The zero-order valence-corrected chi connectivity index (χ0v) is 24.8. The predicted octanol–water partition coefficient (Wildman–Crippen LogP) is 5.69. The maximum Gasteiger partial charge on any atom is 0.259 e. The molecule has 40 heavy (non-hydrogen) atoms. The zero-order valence-electron chi connectivity index (χ0n) is 23.9. The van der Waals surface area contributed by atoms with E-state index >= 15 is 0 Å². The number of benzene rings is 1. The first-order valence-corrected chi connectivity index (χ1v) is 14.8. The molecule has 214 valence electrons. The molecule has 4 rings (SSSR count). The van der Waals surface area contributed by atoms with Gasteiger partial charge in [0.15, 0.2) is 23.2 Å². The highest BCUT2D eigenvalue weighted by atomic mass is 31.2. The Morgan fingerprint density at radius 3 is 2.58 bits per heavy atom. The lowest BCUT2D eigenvalue weighted by atomic mass is 9.99. The van der Waals surface area contributed by atoms with Gasteiger partial charge in [-0.3, -0.25) is 9.36 Å². The highest BCUT2D eigenvalue weighted by molar-refractivity contribution is 7.44. The smallest absolute Gasteiger partial charge is 0.259 e. The Labute approximate surface area is 237 Å². The van der Waals surface area contributed by atoms with Crippen molar-refractivity contribution < 1.29 is 18.6 Å². The Morgan fingerprint density at radius 2 is 1.93 bits per heavy atom. The third-order valence-corrected chi connectivity index (χ3v) is 8.99. The average Bonchev–Trinajstić information content (AvgIpc) is 3.50. The minimum absolute atomic E-state index is 0.0433. The summed E-state index contributed by atoms with van der Waals surface area (Å²) in [4.78, 5) is 29.6. The minimum atomic E-state index is -1.48. The van der Waals surface area contributed by atoms with Crippen molar-refractivity contribution in [2.75, 3.05) is 18.5 Å². The molecule has 1 unspecified atom stereocenters. The summed E-state index contributed by atoms with van der Waals surface area (Å²) in [5.41, 5.74) is 1.51. The summed E-state index contributed by atoms with van der Waals surface area (Å²) < 4.78 is 23.6. The second kappa shape index (κ2) is 13.6. The number of nitrogens with zero attached hydrogens (tertiary/aromatic N) is 6. The van der Waals surface area contributed by atoms with Crippen LogP contribution in [0.5, 0.6) is 0 Å². The van der Waals surface area contributed by atoms with Crippen LogP contribution in [0.1, 0.15) is 64.5 Å². The van der Waals surface area contributed by atoms with Crippen LogP contribution in [-0.2, 0) is 13.8 Å². The molecule has 0 aliphatic carbocycles. The van der Waals surface area contributed by atoms with Gasteiger partial charge in [-0.05, 0) is 46.2 Å². The fourth-order valence-electron chi connectivity index (χ4n) is 4.98. The topological polar surface area (TPSA) is 108 Å². The number of hydrogen-bond acceptors (Lipinski definition) is 8. The molecule has 12 heteroatoms. The third-order valence-electron chi connectivity index (χ3n) is 6.87. The lowest BCUT2D eigenvalue weighted by Gasteiger charge is -2.38. The molecule has 0 radical (unpaired) electrons. The number of anilines is 1. The summed E-state index contributed by atoms with van der Waals surface area (Å²) in [6, 6.07) is 9.30. The molecule has 1 N–H and O–H groups in total. The van der Waals surface area contributed by atoms with E-state index in [0.717, 1.165) is 6.42 Å². The van der Waals surface area contributed by atoms with Crippen molar-refractivity contribution in [2.24, 2.45) is 5.92 Å². The molecule has 0 saturated carbocycles. The van der Waals surface area contributed by atoms with E-state index in [9.17, 15) is 4.79 Å². The summed E-state index contributed by atoms with van der Waals surface area (Å²) >= 11 is 0. The number of ether oxygens (including phenoxy) is 1. The van der Waals surface area contributed by atoms with E-state index in [0.29, 0.717) is 29.2 Å². The maximum atomic E-state index is 12.8. The van der Waals surface area contributed by atoms with E-state index in [2.05, 4.69) is 71.3 Å². The summed E-state index contributed by atoms with van der Waals surface area (Å²) in [5.74, 6) is 0.101. The Kier molecular flexibility index (Phi) is 10.2. The highest BCUT2D eigenvalue weighted by Gasteiger charge is 2.46. The average molecular weight is 568 g/mol. The SMILES string of the molecule is [C-]#[N+]CCOP(O[C@@H]1[C@H](C)[C@@H](CC)O[C@H]1n1cnc2c(NC(=O)c3ccccc3)ncnc21)N(C(C)C)C(C)C. The molecule has 1 fully saturated rings. The van der Waals surface area contributed by atoms with Crippen LogP contribution in [-0.4, -0.2) is 67.5 Å². The van der Waals surface area contributed by atoms with Crippen molar-refractivity contribution in [3.8, 4) is 0 Å². The number of carbonyl (C=O) groups is 1. The molecule has 1 aromatic carbocycles. The van der Waals surface area contributed by atoms with Gasteiger partial charge in [0.25, 0.3) is 14.4 Å². The highest BCUT2D eigenvalue weighted by Crippen LogP contribution is 2.52. The number of fused-ring (bicyclic) bond motifs is 1. The molecule has 1 saturated heterocycles. The van der Waals surface area contributed by atoms with Gasteiger partial charge in [-0.2, -0.15) is 0 Å². The molecule has 0 spiro atoms. The van der Waals surface area contributed by atoms with Crippen molar-refractivity contribution in [1.29, 1.82) is 0 Å². The summed E-state index contributed by atoms with van der Waals surface area (Å²) in [7, 11) is -1.48. The minimum Gasteiger partial charge on any atom is -0.352 e. The van der Waals surface area contributed by atoms with E-state index in [4.69, 9.17) is 20.4 Å². The molecule has 3 aromatic rings. The van der Waals surface area contributed by atoms with Gasteiger partial charge in [0.1, 0.15) is 19.0 Å². The molecular weight excluding hydrogens is 529 g/mol. The monoisotopic (exact) mass is 567 g/mol.